The molecule has 1 amide bonds. The highest BCUT2D eigenvalue weighted by atomic mass is 32.2. The number of aromatic nitrogens is 1. The van der Waals surface area contributed by atoms with Crippen LogP contribution in [0.5, 0.6) is 5.75 Å². The Morgan fingerprint density at radius 3 is 2.59 bits per heavy atom. The molecule has 1 saturated heterocycles. The summed E-state index contributed by atoms with van der Waals surface area (Å²) in [5.74, 6) is -1.20. The molecule has 0 bridgehead atoms. The maximum Gasteiger partial charge on any atom is 0.573 e. The van der Waals surface area contributed by atoms with E-state index in [4.69, 9.17) is 0 Å². The Bertz CT molecular complexity index is 984. The van der Waals surface area contributed by atoms with Gasteiger partial charge in [-0.3, -0.25) is 4.79 Å². The fraction of sp³-hybridized carbons (Fsp3) is 0.412. The largest absolute Gasteiger partial charge is 0.573 e. The first-order chi connectivity index (χ1) is 13.5. The van der Waals surface area contributed by atoms with E-state index < -0.39 is 22.1 Å². The van der Waals surface area contributed by atoms with Crippen molar-refractivity contribution >= 4 is 32.4 Å². The molecule has 1 aromatic carbocycles. The number of aryl methyl sites for hydroxylation is 1. The highest BCUT2D eigenvalue weighted by molar-refractivity contribution is 7.89. The van der Waals surface area contributed by atoms with Gasteiger partial charge in [0.25, 0.3) is 0 Å². The zero-order valence-electron chi connectivity index (χ0n) is 15.3. The lowest BCUT2D eigenvalue weighted by molar-refractivity contribution is -0.274. The number of benzene rings is 1. The lowest BCUT2D eigenvalue weighted by atomic mass is 9.97. The van der Waals surface area contributed by atoms with Crippen molar-refractivity contribution in [2.45, 2.75) is 31.0 Å². The maximum atomic E-state index is 12.8. The number of ether oxygens (including phenoxy) is 1. The first kappa shape index (κ1) is 21.5. The minimum atomic E-state index is -4.91. The second-order valence-corrected chi connectivity index (χ2v) is 9.64. The zero-order valence-corrected chi connectivity index (χ0v) is 16.9. The van der Waals surface area contributed by atoms with Crippen LogP contribution in [-0.4, -0.2) is 43.1 Å². The summed E-state index contributed by atoms with van der Waals surface area (Å²) in [5, 5.41) is 3.21. The Balaban J connectivity index is 1.63. The molecule has 158 valence electrons. The molecule has 0 atom stereocenters. The third-order valence-corrected chi connectivity index (χ3v) is 7.08. The molecular formula is C17H18F3N3O4S2. The lowest BCUT2D eigenvalue weighted by Gasteiger charge is -2.30. The van der Waals surface area contributed by atoms with Crippen molar-refractivity contribution in [2.24, 2.45) is 5.92 Å². The first-order valence-corrected chi connectivity index (χ1v) is 10.9. The average Bonchev–Trinajstić information content (AvgIpc) is 3.05. The van der Waals surface area contributed by atoms with Gasteiger partial charge in [-0.05, 0) is 31.9 Å². The number of thiazole rings is 1. The number of hydrogen-bond donors (Lipinski definition) is 1. The van der Waals surface area contributed by atoms with Crippen molar-refractivity contribution < 1.29 is 31.1 Å². The van der Waals surface area contributed by atoms with Gasteiger partial charge >= 0.3 is 6.36 Å². The maximum absolute atomic E-state index is 12.8. The van der Waals surface area contributed by atoms with Crippen molar-refractivity contribution in [1.29, 1.82) is 0 Å². The number of amides is 1. The van der Waals surface area contributed by atoms with Crippen molar-refractivity contribution in [3.63, 3.8) is 0 Å². The number of carbonyl (C=O) groups is 1. The molecular weight excluding hydrogens is 431 g/mol. The number of halogens is 3. The van der Waals surface area contributed by atoms with E-state index in [1.54, 1.807) is 6.20 Å². The summed E-state index contributed by atoms with van der Waals surface area (Å²) < 4.78 is 67.6. The van der Waals surface area contributed by atoms with Crippen LogP contribution < -0.4 is 10.1 Å². The minimum absolute atomic E-state index is 0.0850. The molecule has 0 saturated carbocycles. The van der Waals surface area contributed by atoms with Crippen LogP contribution in [0.2, 0.25) is 0 Å². The first-order valence-electron chi connectivity index (χ1n) is 8.64. The van der Waals surface area contributed by atoms with E-state index in [1.165, 1.54) is 23.5 Å². The molecule has 29 heavy (non-hydrogen) atoms. The standard InChI is InChI=1S/C17H18F3N3O4S2/c1-11-10-21-16(28-11)22-15(24)12-5-7-23(8-6-12)29(25,26)14-4-2-3-13(9-14)27-17(18,19)20/h2-4,9-10,12H,5-8H2,1H3,(H,21,22,24). The number of piperidine rings is 1. The van der Waals surface area contributed by atoms with E-state index in [0.29, 0.717) is 18.0 Å². The second kappa shape index (κ2) is 8.28. The van der Waals surface area contributed by atoms with Gasteiger partial charge in [-0.25, -0.2) is 13.4 Å². The van der Waals surface area contributed by atoms with Gasteiger partial charge in [0.15, 0.2) is 5.13 Å². The smallest absolute Gasteiger partial charge is 0.406 e. The van der Waals surface area contributed by atoms with Crippen LogP contribution in [0.25, 0.3) is 0 Å². The Kier molecular flexibility index (Phi) is 6.15. The molecule has 0 radical (unpaired) electrons. The third kappa shape index (κ3) is 5.46. The molecule has 2 aromatic rings. The van der Waals surface area contributed by atoms with Crippen LogP contribution >= 0.6 is 11.3 Å². The molecule has 2 heterocycles. The summed E-state index contributed by atoms with van der Waals surface area (Å²) in [6.07, 6.45) is -2.67. The molecule has 7 nitrogen and oxygen atoms in total. The summed E-state index contributed by atoms with van der Waals surface area (Å²) in [5.41, 5.74) is 0. The van der Waals surface area contributed by atoms with Crippen molar-refractivity contribution in [2.75, 3.05) is 18.4 Å². The molecule has 0 spiro atoms. The van der Waals surface area contributed by atoms with Gasteiger partial charge in [0.1, 0.15) is 5.75 Å². The quantitative estimate of drug-likeness (QED) is 0.756. The van der Waals surface area contributed by atoms with E-state index in [9.17, 15) is 26.4 Å². The van der Waals surface area contributed by atoms with E-state index >= 15 is 0 Å². The zero-order chi connectivity index (χ0) is 21.2. The SMILES string of the molecule is Cc1cnc(NC(=O)C2CCN(S(=O)(=O)c3cccc(OC(F)(F)F)c3)CC2)s1. The van der Waals surface area contributed by atoms with Crippen LogP contribution in [0.15, 0.2) is 35.4 Å². The Morgan fingerprint density at radius 1 is 1.31 bits per heavy atom. The van der Waals surface area contributed by atoms with E-state index in [2.05, 4.69) is 15.0 Å². The highest BCUT2D eigenvalue weighted by Gasteiger charge is 2.34. The van der Waals surface area contributed by atoms with Gasteiger partial charge in [-0.15, -0.1) is 24.5 Å². The van der Waals surface area contributed by atoms with Gasteiger partial charge in [-0.1, -0.05) is 6.07 Å². The normalized spacial score (nSPS) is 16.6. The molecule has 1 aliphatic rings. The predicted octanol–water partition coefficient (Wildman–Crippen LogP) is 3.39. The number of rotatable bonds is 5. The number of anilines is 1. The fourth-order valence-electron chi connectivity index (χ4n) is 2.96. The van der Waals surface area contributed by atoms with Crippen LogP contribution in [0.1, 0.15) is 17.7 Å². The second-order valence-electron chi connectivity index (χ2n) is 6.47. The Morgan fingerprint density at radius 2 is 2.00 bits per heavy atom. The van der Waals surface area contributed by atoms with Gasteiger partial charge in [0.2, 0.25) is 15.9 Å². The number of sulfonamides is 1. The van der Waals surface area contributed by atoms with Crippen molar-refractivity contribution in [3.8, 4) is 5.75 Å². The summed E-state index contributed by atoms with van der Waals surface area (Å²) in [6.45, 7) is 2.04. The van der Waals surface area contributed by atoms with Crippen molar-refractivity contribution in [3.05, 3.63) is 35.3 Å². The molecule has 3 rings (SSSR count). The fourth-order valence-corrected chi connectivity index (χ4v) is 5.13. The number of nitrogens with zero attached hydrogens (tertiary/aromatic N) is 2. The molecule has 1 aromatic heterocycles. The van der Waals surface area contributed by atoms with E-state index in [1.807, 2.05) is 6.92 Å². The van der Waals surface area contributed by atoms with Gasteiger partial charge in [-0.2, -0.15) is 4.31 Å². The molecule has 12 heteroatoms. The Hall–Kier alpha value is -2.18. The third-order valence-electron chi connectivity index (χ3n) is 4.35. The van der Waals surface area contributed by atoms with Gasteiger partial charge in [0.05, 0.1) is 4.90 Å². The lowest BCUT2D eigenvalue weighted by Crippen LogP contribution is -2.41. The van der Waals surface area contributed by atoms with Crippen molar-refractivity contribution in [1.82, 2.24) is 9.29 Å². The summed E-state index contributed by atoms with van der Waals surface area (Å²) in [4.78, 5) is 17.1. The predicted molar refractivity (Wildman–Crippen MR) is 100 cm³/mol. The number of carbonyl (C=O) groups excluding carboxylic acids is 1. The van der Waals surface area contributed by atoms with Crippen LogP contribution in [0.4, 0.5) is 18.3 Å². The molecule has 1 N–H and O–H groups in total. The monoisotopic (exact) mass is 449 g/mol. The van der Waals surface area contributed by atoms with Gasteiger partial charge in [0, 0.05) is 36.1 Å². The van der Waals surface area contributed by atoms with Crippen LogP contribution in [-0.2, 0) is 14.8 Å². The summed E-state index contributed by atoms with van der Waals surface area (Å²) >= 11 is 1.35. The molecule has 1 aliphatic heterocycles. The topological polar surface area (TPSA) is 88.6 Å². The van der Waals surface area contributed by atoms with Gasteiger partial charge < -0.3 is 10.1 Å². The Labute approximate surface area is 169 Å². The average molecular weight is 449 g/mol. The highest BCUT2D eigenvalue weighted by Crippen LogP contribution is 2.29. The molecule has 0 aliphatic carbocycles. The minimum Gasteiger partial charge on any atom is -0.406 e. The summed E-state index contributed by atoms with van der Waals surface area (Å²) in [6, 6.07) is 4.27. The number of nitrogens with one attached hydrogen (secondary N) is 1. The van der Waals surface area contributed by atoms with E-state index in [0.717, 1.165) is 21.3 Å². The number of alkyl halides is 3. The van der Waals surface area contributed by atoms with Crippen LogP contribution in [0, 0.1) is 12.8 Å². The summed E-state index contributed by atoms with van der Waals surface area (Å²) in [7, 11) is -4.00. The van der Waals surface area contributed by atoms with E-state index in [-0.39, 0.29) is 29.8 Å². The molecule has 1 fully saturated rings. The van der Waals surface area contributed by atoms with Crippen LogP contribution in [0.3, 0.4) is 0 Å². The molecule has 0 unspecified atom stereocenters. The number of hydrogen-bond acceptors (Lipinski definition) is 6.